The second-order valence-corrected chi connectivity index (χ2v) is 7.02. The molecule has 3 aromatic rings. The summed E-state index contributed by atoms with van der Waals surface area (Å²) >= 11 is 4.78. The number of ether oxygens (including phenoxy) is 1. The minimum Gasteiger partial charge on any atom is -0.486 e. The van der Waals surface area contributed by atoms with Crippen molar-refractivity contribution in [2.24, 2.45) is 0 Å². The smallest absolute Gasteiger partial charge is 0.192 e. The molecule has 0 aliphatic heterocycles. The highest BCUT2D eigenvalue weighted by Gasteiger charge is 2.13. The fraction of sp³-hybridized carbons (Fsp3) is 0.167. The first-order valence-corrected chi connectivity index (χ1v) is 9.38. The third kappa shape index (κ3) is 4.84. The maximum Gasteiger partial charge on any atom is 0.192 e. The summed E-state index contributed by atoms with van der Waals surface area (Å²) in [6.45, 7) is 0.954. The van der Waals surface area contributed by atoms with Gasteiger partial charge < -0.3 is 4.74 Å². The van der Waals surface area contributed by atoms with E-state index in [2.05, 4.69) is 44.3 Å². The maximum atomic E-state index is 8.83. The standard InChI is InChI=1S/C18H15BrN4OS/c19-15-6-8-16(9-7-15)24-13-17-21-22-18(25-11-10-20)23(17)12-14-4-2-1-3-5-14/h1-9H,11-13H2. The predicted octanol–water partition coefficient (Wildman–Crippen LogP) is 4.28. The third-order valence-corrected chi connectivity index (χ3v) is 4.79. The van der Waals surface area contributed by atoms with Crippen LogP contribution in [-0.2, 0) is 13.2 Å². The van der Waals surface area contributed by atoms with Gasteiger partial charge in [0.2, 0.25) is 0 Å². The first kappa shape index (κ1) is 17.5. The van der Waals surface area contributed by atoms with Gasteiger partial charge in [-0.25, -0.2) is 0 Å². The molecule has 7 heteroatoms. The Bertz CT molecular complexity index is 859. The largest absolute Gasteiger partial charge is 0.486 e. The normalized spacial score (nSPS) is 10.4. The highest BCUT2D eigenvalue weighted by molar-refractivity contribution is 9.10. The second-order valence-electron chi connectivity index (χ2n) is 5.16. The predicted molar refractivity (Wildman–Crippen MR) is 100 cm³/mol. The summed E-state index contributed by atoms with van der Waals surface area (Å²) in [6, 6.07) is 19.9. The van der Waals surface area contributed by atoms with Gasteiger partial charge in [0.15, 0.2) is 11.0 Å². The van der Waals surface area contributed by atoms with E-state index in [0.29, 0.717) is 18.9 Å². The van der Waals surface area contributed by atoms with Crippen LogP contribution in [0.25, 0.3) is 0 Å². The molecule has 0 aliphatic rings. The summed E-state index contributed by atoms with van der Waals surface area (Å²) in [4.78, 5) is 0. The van der Waals surface area contributed by atoms with Crippen LogP contribution in [0.15, 0.2) is 64.2 Å². The summed E-state index contributed by atoms with van der Waals surface area (Å²) in [6.07, 6.45) is 0. The Morgan fingerprint density at radius 3 is 2.56 bits per heavy atom. The SMILES string of the molecule is N#CCSc1nnc(COc2ccc(Br)cc2)n1Cc1ccccc1. The molecule has 0 unspecified atom stereocenters. The quantitative estimate of drug-likeness (QED) is 0.539. The number of hydrogen-bond donors (Lipinski definition) is 0. The van der Waals surface area contributed by atoms with Gasteiger partial charge >= 0.3 is 0 Å². The van der Waals surface area contributed by atoms with E-state index in [9.17, 15) is 0 Å². The van der Waals surface area contributed by atoms with Crippen molar-refractivity contribution in [3.05, 3.63) is 70.5 Å². The van der Waals surface area contributed by atoms with Gasteiger partial charge in [0.05, 0.1) is 18.4 Å². The van der Waals surface area contributed by atoms with E-state index >= 15 is 0 Å². The molecule has 0 amide bonds. The first-order chi connectivity index (χ1) is 12.3. The molecular weight excluding hydrogens is 400 g/mol. The van der Waals surface area contributed by atoms with Crippen LogP contribution in [0.2, 0.25) is 0 Å². The number of halogens is 1. The van der Waals surface area contributed by atoms with E-state index in [1.807, 2.05) is 47.0 Å². The molecule has 0 N–H and O–H groups in total. The van der Waals surface area contributed by atoms with Crippen molar-refractivity contribution in [2.75, 3.05) is 5.75 Å². The lowest BCUT2D eigenvalue weighted by atomic mass is 10.2. The van der Waals surface area contributed by atoms with Crippen LogP contribution >= 0.6 is 27.7 Å². The number of benzene rings is 2. The van der Waals surface area contributed by atoms with Crippen LogP contribution in [0, 0.1) is 11.3 Å². The lowest BCUT2D eigenvalue weighted by molar-refractivity contribution is 0.289. The first-order valence-electron chi connectivity index (χ1n) is 7.60. The van der Waals surface area contributed by atoms with Crippen LogP contribution in [0.3, 0.4) is 0 Å². The van der Waals surface area contributed by atoms with E-state index in [4.69, 9.17) is 10.00 Å². The highest BCUT2D eigenvalue weighted by atomic mass is 79.9. The summed E-state index contributed by atoms with van der Waals surface area (Å²) in [5.41, 5.74) is 1.14. The summed E-state index contributed by atoms with van der Waals surface area (Å²) < 4.78 is 8.82. The molecule has 0 fully saturated rings. The molecular formula is C18H15BrN4OS. The van der Waals surface area contributed by atoms with E-state index in [1.54, 1.807) is 0 Å². The van der Waals surface area contributed by atoms with Crippen LogP contribution in [0.1, 0.15) is 11.4 Å². The molecule has 1 aromatic heterocycles. The fourth-order valence-corrected chi connectivity index (χ4v) is 3.12. The Balaban J connectivity index is 1.78. The molecule has 0 radical (unpaired) electrons. The van der Waals surface area contributed by atoms with Gasteiger partial charge in [-0.3, -0.25) is 4.57 Å². The molecule has 0 saturated carbocycles. The number of aromatic nitrogens is 3. The van der Waals surface area contributed by atoms with Crippen LogP contribution < -0.4 is 4.74 Å². The minimum absolute atomic E-state index is 0.314. The number of hydrogen-bond acceptors (Lipinski definition) is 5. The average molecular weight is 415 g/mol. The molecule has 0 aliphatic carbocycles. The second kappa shape index (κ2) is 8.70. The molecule has 5 nitrogen and oxygen atoms in total. The molecule has 0 spiro atoms. The molecule has 2 aromatic carbocycles. The molecule has 0 atom stereocenters. The Kier molecular flexibility index (Phi) is 6.09. The number of nitrogens with zero attached hydrogens (tertiary/aromatic N) is 4. The topological polar surface area (TPSA) is 63.7 Å². The van der Waals surface area contributed by atoms with Crippen molar-refractivity contribution in [1.29, 1.82) is 5.26 Å². The molecule has 0 saturated heterocycles. The molecule has 25 heavy (non-hydrogen) atoms. The van der Waals surface area contributed by atoms with Crippen LogP contribution in [0.4, 0.5) is 0 Å². The fourth-order valence-electron chi connectivity index (χ4n) is 2.23. The monoisotopic (exact) mass is 414 g/mol. The Labute approximate surface area is 158 Å². The van der Waals surface area contributed by atoms with Crippen molar-refractivity contribution in [3.8, 4) is 11.8 Å². The Morgan fingerprint density at radius 1 is 1.08 bits per heavy atom. The van der Waals surface area contributed by atoms with Gasteiger partial charge in [0, 0.05) is 4.47 Å². The third-order valence-electron chi connectivity index (χ3n) is 3.42. The summed E-state index contributed by atoms with van der Waals surface area (Å²) in [5.74, 6) is 1.83. The van der Waals surface area contributed by atoms with Crippen molar-refractivity contribution >= 4 is 27.7 Å². The van der Waals surface area contributed by atoms with Crippen molar-refractivity contribution < 1.29 is 4.74 Å². The van der Waals surface area contributed by atoms with Gasteiger partial charge in [-0.15, -0.1) is 10.2 Å². The Hall–Kier alpha value is -2.30. The summed E-state index contributed by atoms with van der Waals surface area (Å²) in [5, 5.41) is 18.0. The average Bonchev–Trinajstić information content (AvgIpc) is 3.02. The Morgan fingerprint density at radius 2 is 1.84 bits per heavy atom. The molecule has 3 rings (SSSR count). The molecule has 0 bridgehead atoms. The molecule has 1 heterocycles. The minimum atomic E-state index is 0.314. The summed E-state index contributed by atoms with van der Waals surface area (Å²) in [7, 11) is 0. The number of rotatable bonds is 7. The van der Waals surface area contributed by atoms with Gasteiger partial charge in [0.1, 0.15) is 12.4 Å². The molecule has 126 valence electrons. The van der Waals surface area contributed by atoms with E-state index in [-0.39, 0.29) is 0 Å². The zero-order valence-corrected chi connectivity index (χ0v) is 15.7. The van der Waals surface area contributed by atoms with E-state index < -0.39 is 0 Å². The van der Waals surface area contributed by atoms with Crippen molar-refractivity contribution in [3.63, 3.8) is 0 Å². The number of thioether (sulfide) groups is 1. The van der Waals surface area contributed by atoms with Gasteiger partial charge in [-0.1, -0.05) is 58.0 Å². The number of nitriles is 1. The lowest BCUT2D eigenvalue weighted by Gasteiger charge is -2.11. The highest BCUT2D eigenvalue weighted by Crippen LogP contribution is 2.21. The van der Waals surface area contributed by atoms with E-state index in [0.717, 1.165) is 26.8 Å². The van der Waals surface area contributed by atoms with Crippen LogP contribution in [-0.4, -0.2) is 20.5 Å². The maximum absolute atomic E-state index is 8.83. The van der Waals surface area contributed by atoms with Gasteiger partial charge in [-0.05, 0) is 29.8 Å². The van der Waals surface area contributed by atoms with Crippen molar-refractivity contribution in [2.45, 2.75) is 18.3 Å². The zero-order chi connectivity index (χ0) is 17.5. The van der Waals surface area contributed by atoms with Crippen molar-refractivity contribution in [1.82, 2.24) is 14.8 Å². The lowest BCUT2D eigenvalue weighted by Crippen LogP contribution is -2.09. The van der Waals surface area contributed by atoms with Gasteiger partial charge in [-0.2, -0.15) is 5.26 Å². The van der Waals surface area contributed by atoms with E-state index in [1.165, 1.54) is 11.8 Å². The van der Waals surface area contributed by atoms with Gasteiger partial charge in [0.25, 0.3) is 0 Å². The zero-order valence-electron chi connectivity index (χ0n) is 13.3. The van der Waals surface area contributed by atoms with Crippen LogP contribution in [0.5, 0.6) is 5.75 Å².